The van der Waals surface area contributed by atoms with E-state index < -0.39 is 6.09 Å². The second-order valence-electron chi connectivity index (χ2n) is 4.29. The van der Waals surface area contributed by atoms with Gasteiger partial charge < -0.3 is 15.6 Å². The van der Waals surface area contributed by atoms with E-state index in [1.54, 1.807) is 6.92 Å². The summed E-state index contributed by atoms with van der Waals surface area (Å²) < 4.78 is 0. The Bertz CT molecular complexity index is 370. The van der Waals surface area contributed by atoms with Crippen molar-refractivity contribution in [2.24, 2.45) is 0 Å². The zero-order chi connectivity index (χ0) is 13.5. The maximum atomic E-state index is 10.6. The van der Waals surface area contributed by atoms with Gasteiger partial charge in [0, 0.05) is 12.6 Å². The van der Waals surface area contributed by atoms with Crippen LogP contribution in [0.4, 0.5) is 4.79 Å². The standard InChI is InChI=1S/C13H20N2O3/c1-3-12(14-13(16)17)10(2)15(18)9-11-7-5-4-6-8-11/h4-8,10,12,14,18H,3,9H2,1-2H3,(H,16,17)/t10-,12+/m1/s1. The number of carboxylic acid groups (broad SMARTS) is 1. The van der Waals surface area contributed by atoms with Gasteiger partial charge in [-0.1, -0.05) is 37.3 Å². The van der Waals surface area contributed by atoms with Gasteiger partial charge in [0.25, 0.3) is 0 Å². The zero-order valence-corrected chi connectivity index (χ0v) is 10.7. The molecule has 0 fully saturated rings. The van der Waals surface area contributed by atoms with Crippen LogP contribution in [0.15, 0.2) is 30.3 Å². The zero-order valence-electron chi connectivity index (χ0n) is 10.7. The summed E-state index contributed by atoms with van der Waals surface area (Å²) in [6.45, 7) is 4.06. The van der Waals surface area contributed by atoms with Gasteiger partial charge in [0.1, 0.15) is 0 Å². The molecule has 0 saturated carbocycles. The molecular formula is C13H20N2O3. The van der Waals surface area contributed by atoms with Crippen molar-refractivity contribution in [2.75, 3.05) is 0 Å². The van der Waals surface area contributed by atoms with Crippen molar-refractivity contribution in [3.8, 4) is 0 Å². The van der Waals surface area contributed by atoms with Gasteiger partial charge in [0.05, 0.1) is 6.04 Å². The molecular weight excluding hydrogens is 232 g/mol. The van der Waals surface area contributed by atoms with Crippen LogP contribution in [0.25, 0.3) is 0 Å². The fourth-order valence-corrected chi connectivity index (χ4v) is 1.84. The van der Waals surface area contributed by atoms with Crippen molar-refractivity contribution in [1.82, 2.24) is 10.4 Å². The molecule has 0 radical (unpaired) electrons. The lowest BCUT2D eigenvalue weighted by atomic mass is 10.1. The van der Waals surface area contributed by atoms with Crippen LogP contribution < -0.4 is 5.32 Å². The number of hydrogen-bond acceptors (Lipinski definition) is 3. The molecule has 0 unspecified atom stereocenters. The lowest BCUT2D eigenvalue weighted by Crippen LogP contribution is -2.48. The second-order valence-corrected chi connectivity index (χ2v) is 4.29. The molecule has 0 aliphatic heterocycles. The van der Waals surface area contributed by atoms with Crippen molar-refractivity contribution in [3.63, 3.8) is 0 Å². The van der Waals surface area contributed by atoms with E-state index in [1.165, 1.54) is 5.06 Å². The van der Waals surface area contributed by atoms with Gasteiger partial charge in [-0.3, -0.25) is 0 Å². The minimum atomic E-state index is -1.07. The minimum absolute atomic E-state index is 0.286. The first kappa shape index (κ1) is 14.5. The Labute approximate surface area is 107 Å². The molecule has 0 aromatic heterocycles. The SMILES string of the molecule is CC[C@H](NC(=O)O)[C@@H](C)N(O)Cc1ccccc1. The first-order chi connectivity index (χ1) is 8.54. The monoisotopic (exact) mass is 252 g/mol. The van der Waals surface area contributed by atoms with Gasteiger partial charge in [0.2, 0.25) is 0 Å². The summed E-state index contributed by atoms with van der Waals surface area (Å²) in [5.41, 5.74) is 0.983. The number of amides is 1. The molecule has 1 aromatic carbocycles. The van der Waals surface area contributed by atoms with E-state index in [0.717, 1.165) is 5.56 Å². The Morgan fingerprint density at radius 3 is 2.50 bits per heavy atom. The Kier molecular flexibility index (Phi) is 5.61. The van der Waals surface area contributed by atoms with Crippen LogP contribution in [-0.4, -0.2) is 33.6 Å². The molecule has 0 bridgehead atoms. The molecule has 18 heavy (non-hydrogen) atoms. The number of rotatable bonds is 6. The van der Waals surface area contributed by atoms with Crippen LogP contribution >= 0.6 is 0 Å². The van der Waals surface area contributed by atoms with Crippen LogP contribution in [0.2, 0.25) is 0 Å². The van der Waals surface area contributed by atoms with Crippen LogP contribution in [-0.2, 0) is 6.54 Å². The lowest BCUT2D eigenvalue weighted by molar-refractivity contribution is -0.138. The highest BCUT2D eigenvalue weighted by Crippen LogP contribution is 2.10. The summed E-state index contributed by atoms with van der Waals surface area (Å²) in [6, 6.07) is 8.97. The van der Waals surface area contributed by atoms with Crippen LogP contribution in [0.5, 0.6) is 0 Å². The summed E-state index contributed by atoms with van der Waals surface area (Å²) in [7, 11) is 0. The largest absolute Gasteiger partial charge is 0.465 e. The summed E-state index contributed by atoms with van der Waals surface area (Å²) in [5.74, 6) is 0. The van der Waals surface area contributed by atoms with Crippen LogP contribution in [0.3, 0.4) is 0 Å². The van der Waals surface area contributed by atoms with Crippen molar-refractivity contribution in [2.45, 2.75) is 38.9 Å². The average molecular weight is 252 g/mol. The average Bonchev–Trinajstić information content (AvgIpc) is 2.36. The molecule has 0 aliphatic rings. The van der Waals surface area contributed by atoms with Gasteiger partial charge in [-0.2, -0.15) is 5.06 Å². The molecule has 5 nitrogen and oxygen atoms in total. The van der Waals surface area contributed by atoms with E-state index >= 15 is 0 Å². The van der Waals surface area contributed by atoms with E-state index in [1.807, 2.05) is 37.3 Å². The highest BCUT2D eigenvalue weighted by molar-refractivity contribution is 5.64. The summed E-state index contributed by atoms with van der Waals surface area (Å²) in [4.78, 5) is 10.6. The Morgan fingerprint density at radius 2 is 2.00 bits per heavy atom. The number of carbonyl (C=O) groups is 1. The van der Waals surface area contributed by atoms with E-state index in [0.29, 0.717) is 13.0 Å². The second kappa shape index (κ2) is 6.98. The summed E-state index contributed by atoms with van der Waals surface area (Å²) >= 11 is 0. The highest BCUT2D eigenvalue weighted by atomic mass is 16.5. The summed E-state index contributed by atoms with van der Waals surface area (Å²) in [5, 5.41) is 22.3. The number of nitrogens with zero attached hydrogens (tertiary/aromatic N) is 1. The number of hydrogen-bond donors (Lipinski definition) is 3. The van der Waals surface area contributed by atoms with E-state index in [-0.39, 0.29) is 12.1 Å². The van der Waals surface area contributed by atoms with Crippen LogP contribution in [0.1, 0.15) is 25.8 Å². The van der Waals surface area contributed by atoms with Gasteiger partial charge in [-0.05, 0) is 18.9 Å². The fourth-order valence-electron chi connectivity index (χ4n) is 1.84. The maximum Gasteiger partial charge on any atom is 0.404 e. The molecule has 3 N–H and O–H groups in total. The summed E-state index contributed by atoms with van der Waals surface area (Å²) in [6.07, 6.45) is -0.443. The Balaban J connectivity index is 2.59. The van der Waals surface area contributed by atoms with Crippen molar-refractivity contribution < 1.29 is 15.1 Å². The molecule has 2 atom stereocenters. The van der Waals surface area contributed by atoms with E-state index in [4.69, 9.17) is 5.11 Å². The molecule has 1 rings (SSSR count). The highest BCUT2D eigenvalue weighted by Gasteiger charge is 2.22. The topological polar surface area (TPSA) is 72.8 Å². The molecule has 0 saturated heterocycles. The minimum Gasteiger partial charge on any atom is -0.465 e. The smallest absolute Gasteiger partial charge is 0.404 e. The van der Waals surface area contributed by atoms with Gasteiger partial charge in [-0.25, -0.2) is 4.79 Å². The number of benzene rings is 1. The predicted octanol–water partition coefficient (Wildman–Crippen LogP) is 2.31. The van der Waals surface area contributed by atoms with Crippen molar-refractivity contribution in [3.05, 3.63) is 35.9 Å². The predicted molar refractivity (Wildman–Crippen MR) is 68.5 cm³/mol. The van der Waals surface area contributed by atoms with Crippen molar-refractivity contribution >= 4 is 6.09 Å². The third-order valence-corrected chi connectivity index (χ3v) is 2.99. The molecule has 0 aliphatic carbocycles. The molecule has 100 valence electrons. The molecule has 1 amide bonds. The normalized spacial score (nSPS) is 14.2. The van der Waals surface area contributed by atoms with E-state index in [2.05, 4.69) is 5.32 Å². The molecule has 0 heterocycles. The molecule has 1 aromatic rings. The third kappa shape index (κ3) is 4.35. The van der Waals surface area contributed by atoms with Gasteiger partial charge >= 0.3 is 6.09 Å². The Morgan fingerprint density at radius 1 is 1.39 bits per heavy atom. The first-order valence-electron chi connectivity index (χ1n) is 6.03. The quantitative estimate of drug-likeness (QED) is 0.679. The fraction of sp³-hybridized carbons (Fsp3) is 0.462. The third-order valence-electron chi connectivity index (χ3n) is 2.99. The first-order valence-corrected chi connectivity index (χ1v) is 6.03. The lowest BCUT2D eigenvalue weighted by Gasteiger charge is -2.29. The van der Waals surface area contributed by atoms with Crippen molar-refractivity contribution in [1.29, 1.82) is 0 Å². The number of hydroxylamine groups is 2. The van der Waals surface area contributed by atoms with Gasteiger partial charge in [-0.15, -0.1) is 0 Å². The van der Waals surface area contributed by atoms with E-state index in [9.17, 15) is 10.0 Å². The Hall–Kier alpha value is -1.59. The number of nitrogens with one attached hydrogen (secondary N) is 1. The van der Waals surface area contributed by atoms with Crippen LogP contribution in [0, 0.1) is 0 Å². The van der Waals surface area contributed by atoms with Gasteiger partial charge in [0.15, 0.2) is 0 Å². The maximum absolute atomic E-state index is 10.6. The molecule has 5 heteroatoms. The molecule has 0 spiro atoms.